The molecular formula is C8H8Cl2N2. The van der Waals surface area contributed by atoms with Crippen LogP contribution in [0.3, 0.4) is 0 Å². The molecule has 1 saturated carbocycles. The molecule has 1 aromatic rings. The lowest BCUT2D eigenvalue weighted by atomic mass is 10.1. The highest BCUT2D eigenvalue weighted by atomic mass is 35.5. The molecule has 0 saturated heterocycles. The quantitative estimate of drug-likeness (QED) is 0.711. The van der Waals surface area contributed by atoms with Gasteiger partial charge >= 0.3 is 0 Å². The fourth-order valence-corrected chi connectivity index (χ4v) is 1.39. The van der Waals surface area contributed by atoms with Gasteiger partial charge in [0.1, 0.15) is 5.15 Å². The van der Waals surface area contributed by atoms with E-state index in [1.807, 2.05) is 0 Å². The van der Waals surface area contributed by atoms with Crippen LogP contribution < -0.4 is 5.73 Å². The number of nitrogens with zero attached hydrogens (tertiary/aromatic N) is 1. The molecule has 2 N–H and O–H groups in total. The third-order valence-corrected chi connectivity index (χ3v) is 2.85. The third-order valence-electron chi connectivity index (χ3n) is 2.16. The second kappa shape index (κ2) is 2.59. The van der Waals surface area contributed by atoms with E-state index in [0.717, 1.165) is 18.4 Å². The predicted octanol–water partition coefficient (Wildman–Crippen LogP) is 2.34. The Morgan fingerprint density at radius 3 is 2.58 bits per heavy atom. The van der Waals surface area contributed by atoms with Crippen molar-refractivity contribution in [3.63, 3.8) is 0 Å². The van der Waals surface area contributed by atoms with Crippen LogP contribution in [0.25, 0.3) is 0 Å². The second-order valence-electron chi connectivity index (χ2n) is 3.15. The van der Waals surface area contributed by atoms with Crippen molar-refractivity contribution in [1.29, 1.82) is 0 Å². The van der Waals surface area contributed by atoms with E-state index in [9.17, 15) is 0 Å². The Balaban J connectivity index is 2.41. The van der Waals surface area contributed by atoms with Crippen LogP contribution in [0.5, 0.6) is 0 Å². The Kier molecular flexibility index (Phi) is 1.79. The lowest BCUT2D eigenvalue weighted by Crippen LogP contribution is -2.18. The van der Waals surface area contributed by atoms with E-state index in [4.69, 9.17) is 28.9 Å². The van der Waals surface area contributed by atoms with Crippen LogP contribution in [0.2, 0.25) is 10.2 Å². The number of hydrogen-bond donors (Lipinski definition) is 1. The Labute approximate surface area is 80.7 Å². The largest absolute Gasteiger partial charge is 0.321 e. The minimum atomic E-state index is -0.179. The number of aromatic nitrogens is 1. The summed E-state index contributed by atoms with van der Waals surface area (Å²) in [5, 5.41) is 0.815. The fourth-order valence-electron chi connectivity index (χ4n) is 1.12. The smallest absolute Gasteiger partial charge is 0.147 e. The van der Waals surface area contributed by atoms with Crippen LogP contribution in [-0.2, 0) is 5.54 Å². The molecule has 4 heteroatoms. The number of nitrogens with two attached hydrogens (primary N) is 1. The summed E-state index contributed by atoms with van der Waals surface area (Å²) < 4.78 is 0. The SMILES string of the molecule is NC1(c2cnc(Cl)c(Cl)c2)CC1. The topological polar surface area (TPSA) is 38.9 Å². The van der Waals surface area contributed by atoms with E-state index in [1.54, 1.807) is 12.3 Å². The standard InChI is InChI=1S/C8H8Cl2N2/c9-6-3-5(4-12-7(6)10)8(11)1-2-8/h3-4H,1-2,11H2. The molecule has 1 aliphatic rings. The zero-order chi connectivity index (χ0) is 8.77. The summed E-state index contributed by atoms with van der Waals surface area (Å²) in [5.74, 6) is 0. The molecular weight excluding hydrogens is 195 g/mol. The summed E-state index contributed by atoms with van der Waals surface area (Å²) in [5.41, 5.74) is 6.75. The summed E-state index contributed by atoms with van der Waals surface area (Å²) in [6.45, 7) is 0. The first kappa shape index (κ1) is 8.30. The molecule has 0 aliphatic heterocycles. The van der Waals surface area contributed by atoms with Crippen molar-refractivity contribution in [2.45, 2.75) is 18.4 Å². The van der Waals surface area contributed by atoms with Crippen LogP contribution in [0, 0.1) is 0 Å². The maximum atomic E-state index is 5.95. The van der Waals surface area contributed by atoms with Crippen molar-refractivity contribution in [2.75, 3.05) is 0 Å². The van der Waals surface area contributed by atoms with Crippen LogP contribution in [0.4, 0.5) is 0 Å². The molecule has 0 aromatic carbocycles. The van der Waals surface area contributed by atoms with Gasteiger partial charge in [-0.2, -0.15) is 0 Å². The maximum Gasteiger partial charge on any atom is 0.147 e. The molecule has 64 valence electrons. The van der Waals surface area contributed by atoms with Gasteiger partial charge in [0.15, 0.2) is 0 Å². The molecule has 1 aliphatic carbocycles. The van der Waals surface area contributed by atoms with Crippen molar-refractivity contribution in [2.24, 2.45) is 5.73 Å². The molecule has 2 nitrogen and oxygen atoms in total. The van der Waals surface area contributed by atoms with Gasteiger partial charge in [0.05, 0.1) is 5.02 Å². The van der Waals surface area contributed by atoms with E-state index >= 15 is 0 Å². The molecule has 0 radical (unpaired) electrons. The van der Waals surface area contributed by atoms with E-state index in [2.05, 4.69) is 4.98 Å². The van der Waals surface area contributed by atoms with E-state index in [1.165, 1.54) is 0 Å². The predicted molar refractivity (Wildman–Crippen MR) is 49.4 cm³/mol. The Hall–Kier alpha value is -0.310. The van der Waals surface area contributed by atoms with E-state index < -0.39 is 0 Å². The lowest BCUT2D eigenvalue weighted by Gasteiger charge is -2.08. The first-order chi connectivity index (χ1) is 5.62. The number of halogens is 2. The number of rotatable bonds is 1. The van der Waals surface area contributed by atoms with Gasteiger partial charge in [-0.15, -0.1) is 0 Å². The summed E-state index contributed by atoms with van der Waals surface area (Å²) in [6, 6.07) is 1.80. The Morgan fingerprint density at radius 1 is 1.42 bits per heavy atom. The van der Waals surface area contributed by atoms with E-state index in [-0.39, 0.29) is 5.54 Å². The molecule has 1 heterocycles. The van der Waals surface area contributed by atoms with Gasteiger partial charge in [0.2, 0.25) is 0 Å². The number of hydrogen-bond acceptors (Lipinski definition) is 2. The molecule has 1 aromatic heterocycles. The first-order valence-corrected chi connectivity index (χ1v) is 4.48. The Bertz CT molecular complexity index is 321. The highest BCUT2D eigenvalue weighted by Gasteiger charge is 2.40. The third kappa shape index (κ3) is 1.30. The normalized spacial score (nSPS) is 19.2. The zero-order valence-electron chi connectivity index (χ0n) is 6.35. The first-order valence-electron chi connectivity index (χ1n) is 3.72. The van der Waals surface area contributed by atoms with Crippen LogP contribution in [0.15, 0.2) is 12.3 Å². The molecule has 0 amide bonds. The average Bonchev–Trinajstić information content (AvgIpc) is 2.75. The second-order valence-corrected chi connectivity index (χ2v) is 3.92. The molecule has 0 bridgehead atoms. The van der Waals surface area contributed by atoms with Crippen LogP contribution >= 0.6 is 23.2 Å². The Morgan fingerprint density at radius 2 is 2.08 bits per heavy atom. The van der Waals surface area contributed by atoms with Crippen molar-refractivity contribution in [1.82, 2.24) is 4.98 Å². The van der Waals surface area contributed by atoms with Crippen LogP contribution in [-0.4, -0.2) is 4.98 Å². The van der Waals surface area contributed by atoms with Crippen molar-refractivity contribution >= 4 is 23.2 Å². The number of pyridine rings is 1. The summed E-state index contributed by atoms with van der Waals surface area (Å²) in [4.78, 5) is 3.94. The van der Waals surface area contributed by atoms with Gasteiger partial charge in [-0.05, 0) is 24.5 Å². The zero-order valence-corrected chi connectivity index (χ0v) is 7.86. The minimum Gasteiger partial charge on any atom is -0.321 e. The minimum absolute atomic E-state index is 0.179. The lowest BCUT2D eigenvalue weighted by molar-refractivity contribution is 0.735. The van der Waals surface area contributed by atoms with Gasteiger partial charge in [-0.3, -0.25) is 0 Å². The monoisotopic (exact) mass is 202 g/mol. The van der Waals surface area contributed by atoms with Gasteiger partial charge in [0.25, 0.3) is 0 Å². The molecule has 2 rings (SSSR count). The molecule has 1 fully saturated rings. The summed E-state index contributed by atoms with van der Waals surface area (Å²) >= 11 is 11.5. The van der Waals surface area contributed by atoms with E-state index in [0.29, 0.717) is 10.2 Å². The molecule has 0 atom stereocenters. The van der Waals surface area contributed by atoms with Crippen molar-refractivity contribution in [3.05, 3.63) is 28.0 Å². The van der Waals surface area contributed by atoms with Gasteiger partial charge in [-0.25, -0.2) is 4.98 Å². The van der Waals surface area contributed by atoms with Gasteiger partial charge in [0, 0.05) is 11.7 Å². The fraction of sp³-hybridized carbons (Fsp3) is 0.375. The highest BCUT2D eigenvalue weighted by Crippen LogP contribution is 2.43. The molecule has 0 spiro atoms. The average molecular weight is 203 g/mol. The molecule has 0 unspecified atom stereocenters. The maximum absolute atomic E-state index is 5.95. The highest BCUT2D eigenvalue weighted by molar-refractivity contribution is 6.41. The van der Waals surface area contributed by atoms with Crippen molar-refractivity contribution in [3.8, 4) is 0 Å². The molecule has 12 heavy (non-hydrogen) atoms. The van der Waals surface area contributed by atoms with Crippen LogP contribution in [0.1, 0.15) is 18.4 Å². The summed E-state index contributed by atoms with van der Waals surface area (Å²) in [7, 11) is 0. The van der Waals surface area contributed by atoms with Gasteiger partial charge < -0.3 is 5.73 Å². The van der Waals surface area contributed by atoms with Crippen molar-refractivity contribution < 1.29 is 0 Å². The van der Waals surface area contributed by atoms with Gasteiger partial charge in [-0.1, -0.05) is 23.2 Å². The summed E-state index contributed by atoms with van der Waals surface area (Å²) in [6.07, 6.45) is 3.71.